The fraction of sp³-hybridized carbons (Fsp3) is 0.200. The summed E-state index contributed by atoms with van der Waals surface area (Å²) in [5.41, 5.74) is 0.414. The van der Waals surface area contributed by atoms with Crippen LogP contribution in [-0.2, 0) is 6.54 Å². The Balaban J connectivity index is 2.49. The van der Waals surface area contributed by atoms with Gasteiger partial charge in [0, 0.05) is 15.9 Å². The van der Waals surface area contributed by atoms with E-state index in [9.17, 15) is 4.79 Å². The van der Waals surface area contributed by atoms with Gasteiger partial charge in [0.1, 0.15) is 0 Å². The fourth-order valence-corrected chi connectivity index (χ4v) is 1.90. The Bertz CT molecular complexity index is 575. The number of benzene rings is 1. The molecule has 0 aliphatic heterocycles. The molecule has 17 heavy (non-hydrogen) atoms. The molecule has 0 aliphatic rings. The average molecular weight is 318 g/mol. The van der Waals surface area contributed by atoms with Crippen molar-refractivity contribution in [2.75, 3.05) is 11.2 Å². The highest BCUT2D eigenvalue weighted by atomic mass is 79.9. The van der Waals surface area contributed by atoms with Gasteiger partial charge < -0.3 is 5.84 Å². The van der Waals surface area contributed by atoms with Crippen LogP contribution in [0.1, 0.15) is 0 Å². The highest BCUT2D eigenvalue weighted by molar-refractivity contribution is 9.09. The summed E-state index contributed by atoms with van der Waals surface area (Å²) in [4.78, 5) is 11.7. The topological polar surface area (TPSA) is 65.8 Å². The molecule has 0 saturated heterocycles. The first-order valence-electron chi connectivity index (χ1n) is 4.90. The zero-order chi connectivity index (χ0) is 12.4. The molecule has 1 heterocycles. The number of halogens is 2. The van der Waals surface area contributed by atoms with Gasteiger partial charge in [0.2, 0.25) is 0 Å². The quantitative estimate of drug-likeness (QED) is 0.689. The van der Waals surface area contributed by atoms with Crippen LogP contribution in [0, 0.1) is 0 Å². The van der Waals surface area contributed by atoms with E-state index in [0.29, 0.717) is 22.7 Å². The maximum atomic E-state index is 11.7. The van der Waals surface area contributed by atoms with Crippen molar-refractivity contribution in [3.63, 3.8) is 0 Å². The molecule has 0 fully saturated rings. The van der Waals surface area contributed by atoms with Crippen LogP contribution in [0.3, 0.4) is 0 Å². The van der Waals surface area contributed by atoms with E-state index >= 15 is 0 Å². The van der Waals surface area contributed by atoms with Gasteiger partial charge in [0.25, 0.3) is 0 Å². The van der Waals surface area contributed by atoms with Gasteiger partial charge in [-0.05, 0) is 24.3 Å². The normalized spacial score (nSPS) is 10.7. The molecule has 2 rings (SSSR count). The van der Waals surface area contributed by atoms with Gasteiger partial charge in [0.05, 0.1) is 6.54 Å². The molecule has 0 atom stereocenters. The minimum atomic E-state index is -0.339. The molecule has 90 valence electrons. The van der Waals surface area contributed by atoms with Crippen LogP contribution >= 0.6 is 27.5 Å². The third-order valence-electron chi connectivity index (χ3n) is 2.27. The summed E-state index contributed by atoms with van der Waals surface area (Å²) >= 11 is 9.05. The molecule has 7 heteroatoms. The van der Waals surface area contributed by atoms with Gasteiger partial charge in [-0.25, -0.2) is 9.48 Å². The number of aryl methyl sites for hydroxylation is 1. The SMILES string of the molecule is Nn1c(-c2ccc(Cl)cc2)nn(CCBr)c1=O. The first-order valence-corrected chi connectivity index (χ1v) is 6.40. The van der Waals surface area contributed by atoms with E-state index in [2.05, 4.69) is 21.0 Å². The number of aromatic nitrogens is 3. The molecular weight excluding hydrogens is 307 g/mol. The van der Waals surface area contributed by atoms with Crippen molar-refractivity contribution in [3.8, 4) is 11.4 Å². The van der Waals surface area contributed by atoms with Crippen molar-refractivity contribution in [2.24, 2.45) is 0 Å². The van der Waals surface area contributed by atoms with E-state index < -0.39 is 0 Å². The van der Waals surface area contributed by atoms with E-state index in [1.54, 1.807) is 24.3 Å². The van der Waals surface area contributed by atoms with Crippen LogP contribution in [0.2, 0.25) is 5.02 Å². The zero-order valence-electron chi connectivity index (χ0n) is 8.81. The molecular formula is C10H10BrClN4O. The summed E-state index contributed by atoms with van der Waals surface area (Å²) in [5, 5.41) is 5.44. The molecule has 0 aliphatic carbocycles. The number of hydrogen-bond acceptors (Lipinski definition) is 3. The smallest absolute Gasteiger partial charge is 0.333 e. The third-order valence-corrected chi connectivity index (χ3v) is 2.88. The van der Waals surface area contributed by atoms with Crippen molar-refractivity contribution < 1.29 is 0 Å². The lowest BCUT2D eigenvalue weighted by atomic mass is 10.2. The second-order valence-electron chi connectivity index (χ2n) is 3.40. The van der Waals surface area contributed by atoms with Crippen molar-refractivity contribution in [1.29, 1.82) is 0 Å². The predicted molar refractivity (Wildman–Crippen MR) is 70.9 cm³/mol. The monoisotopic (exact) mass is 316 g/mol. The molecule has 1 aromatic carbocycles. The summed E-state index contributed by atoms with van der Waals surface area (Å²) in [6.45, 7) is 0.476. The molecule has 5 nitrogen and oxygen atoms in total. The van der Waals surface area contributed by atoms with Crippen molar-refractivity contribution in [3.05, 3.63) is 39.8 Å². The van der Waals surface area contributed by atoms with Crippen LogP contribution in [0.25, 0.3) is 11.4 Å². The average Bonchev–Trinajstić information content (AvgIpc) is 2.59. The third kappa shape index (κ3) is 2.37. The van der Waals surface area contributed by atoms with E-state index in [1.165, 1.54) is 4.68 Å². The largest absolute Gasteiger partial charge is 0.364 e. The Morgan fingerprint density at radius 3 is 2.59 bits per heavy atom. The van der Waals surface area contributed by atoms with E-state index in [1.807, 2.05) is 0 Å². The van der Waals surface area contributed by atoms with Crippen LogP contribution in [-0.4, -0.2) is 19.8 Å². The lowest BCUT2D eigenvalue weighted by Gasteiger charge is -1.98. The number of alkyl halides is 1. The Morgan fingerprint density at radius 1 is 1.35 bits per heavy atom. The first-order chi connectivity index (χ1) is 8.13. The number of rotatable bonds is 3. The van der Waals surface area contributed by atoms with Gasteiger partial charge in [-0.15, -0.1) is 5.10 Å². The number of hydrogen-bond donors (Lipinski definition) is 1. The summed E-state index contributed by atoms with van der Waals surface area (Å²) in [6, 6.07) is 6.99. The maximum absolute atomic E-state index is 11.7. The summed E-state index contributed by atoms with van der Waals surface area (Å²) in [6.07, 6.45) is 0. The highest BCUT2D eigenvalue weighted by Gasteiger charge is 2.12. The number of nitrogens with zero attached hydrogens (tertiary/aromatic N) is 3. The van der Waals surface area contributed by atoms with E-state index in [-0.39, 0.29) is 5.69 Å². The van der Waals surface area contributed by atoms with E-state index in [4.69, 9.17) is 17.4 Å². The maximum Gasteiger partial charge on any atom is 0.364 e. The molecule has 0 saturated carbocycles. The number of nitrogens with two attached hydrogens (primary N) is 1. The molecule has 1 aromatic heterocycles. The Kier molecular flexibility index (Phi) is 3.54. The second kappa shape index (κ2) is 4.93. The first kappa shape index (κ1) is 12.2. The molecule has 0 radical (unpaired) electrons. The van der Waals surface area contributed by atoms with Gasteiger partial charge in [-0.2, -0.15) is 4.68 Å². The molecule has 0 amide bonds. The fourth-order valence-electron chi connectivity index (χ4n) is 1.44. The van der Waals surface area contributed by atoms with Crippen LogP contribution in [0.15, 0.2) is 29.1 Å². The summed E-state index contributed by atoms with van der Waals surface area (Å²) < 4.78 is 2.35. The second-order valence-corrected chi connectivity index (χ2v) is 4.62. The summed E-state index contributed by atoms with van der Waals surface area (Å²) in [7, 11) is 0. The van der Waals surface area contributed by atoms with E-state index in [0.717, 1.165) is 10.2 Å². The predicted octanol–water partition coefficient (Wildman–Crippen LogP) is 1.47. The summed E-state index contributed by atoms with van der Waals surface area (Å²) in [5.74, 6) is 6.10. The highest BCUT2D eigenvalue weighted by Crippen LogP contribution is 2.17. The molecule has 0 spiro atoms. The van der Waals surface area contributed by atoms with Gasteiger partial charge in [-0.3, -0.25) is 0 Å². The Hall–Kier alpha value is -1.27. The molecule has 2 aromatic rings. The minimum Gasteiger partial charge on any atom is -0.333 e. The minimum absolute atomic E-state index is 0.339. The Morgan fingerprint density at radius 2 is 2.00 bits per heavy atom. The van der Waals surface area contributed by atoms with Crippen molar-refractivity contribution in [2.45, 2.75) is 6.54 Å². The van der Waals surface area contributed by atoms with Crippen molar-refractivity contribution in [1.82, 2.24) is 14.5 Å². The van der Waals surface area contributed by atoms with Gasteiger partial charge >= 0.3 is 5.69 Å². The Labute approximate surface area is 111 Å². The standard InChI is InChI=1S/C10H10BrClN4O/c11-5-6-15-10(17)16(13)9(14-15)7-1-3-8(12)4-2-7/h1-4H,5-6,13H2. The zero-order valence-corrected chi connectivity index (χ0v) is 11.1. The van der Waals surface area contributed by atoms with Crippen LogP contribution in [0.4, 0.5) is 0 Å². The van der Waals surface area contributed by atoms with Crippen LogP contribution in [0.5, 0.6) is 0 Å². The molecule has 2 N–H and O–H groups in total. The lowest BCUT2D eigenvalue weighted by Crippen LogP contribution is -2.30. The van der Waals surface area contributed by atoms with Gasteiger partial charge in [0.15, 0.2) is 5.82 Å². The molecule has 0 unspecified atom stereocenters. The molecule has 0 bridgehead atoms. The van der Waals surface area contributed by atoms with Gasteiger partial charge in [-0.1, -0.05) is 27.5 Å². The van der Waals surface area contributed by atoms with Crippen LogP contribution < -0.4 is 11.5 Å². The lowest BCUT2D eigenvalue weighted by molar-refractivity contribution is 0.635. The van der Waals surface area contributed by atoms with Crippen molar-refractivity contribution >= 4 is 27.5 Å². The number of nitrogen functional groups attached to an aromatic ring is 1.